The van der Waals surface area contributed by atoms with Gasteiger partial charge in [-0.3, -0.25) is 4.79 Å². The Morgan fingerprint density at radius 3 is 2.60 bits per heavy atom. The van der Waals surface area contributed by atoms with Gasteiger partial charge in [-0.25, -0.2) is 0 Å². The van der Waals surface area contributed by atoms with Crippen LogP contribution in [0.2, 0.25) is 0 Å². The minimum Gasteiger partial charge on any atom is -0.462 e. The maximum Gasteiger partial charge on any atom is 0.320 e. The van der Waals surface area contributed by atoms with Crippen molar-refractivity contribution in [3.8, 4) is 0 Å². The van der Waals surface area contributed by atoms with Crippen molar-refractivity contribution in [2.75, 3.05) is 13.1 Å². The zero-order valence-corrected chi connectivity index (χ0v) is 9.58. The normalized spacial score (nSPS) is 19.5. The van der Waals surface area contributed by atoms with Crippen LogP contribution < -0.4 is 5.32 Å². The van der Waals surface area contributed by atoms with E-state index in [2.05, 4.69) is 5.32 Å². The van der Waals surface area contributed by atoms with Crippen molar-refractivity contribution < 1.29 is 14.6 Å². The molecule has 2 N–H and O–H groups in total. The van der Waals surface area contributed by atoms with Crippen LogP contribution in [0.15, 0.2) is 0 Å². The van der Waals surface area contributed by atoms with E-state index >= 15 is 0 Å². The smallest absolute Gasteiger partial charge is 0.320 e. The lowest BCUT2D eigenvalue weighted by molar-refractivity contribution is -0.146. The topological polar surface area (TPSA) is 58.6 Å². The molecule has 0 bridgehead atoms. The van der Waals surface area contributed by atoms with E-state index in [1.54, 1.807) is 0 Å². The third-order valence-corrected chi connectivity index (χ3v) is 2.62. The standard InChI is InChI=1S/C11H21NO3/c1-9(2)15-10(13)7-12-8-11(14)5-3-4-6-11/h9,12,14H,3-8H2,1-2H3. The molecule has 0 atom stereocenters. The largest absolute Gasteiger partial charge is 0.462 e. The molecule has 0 aliphatic heterocycles. The Balaban J connectivity index is 2.12. The van der Waals surface area contributed by atoms with Gasteiger partial charge in [0.2, 0.25) is 0 Å². The summed E-state index contributed by atoms with van der Waals surface area (Å²) in [7, 11) is 0. The molecule has 0 unspecified atom stereocenters. The SMILES string of the molecule is CC(C)OC(=O)CNCC1(O)CCCC1. The number of rotatable bonds is 5. The lowest BCUT2D eigenvalue weighted by atomic mass is 10.0. The Labute approximate surface area is 91.0 Å². The highest BCUT2D eigenvalue weighted by Gasteiger charge is 2.30. The van der Waals surface area contributed by atoms with Gasteiger partial charge in [-0.05, 0) is 26.7 Å². The fourth-order valence-electron chi connectivity index (χ4n) is 1.91. The summed E-state index contributed by atoms with van der Waals surface area (Å²) in [6.07, 6.45) is 3.75. The summed E-state index contributed by atoms with van der Waals surface area (Å²) in [4.78, 5) is 11.2. The van der Waals surface area contributed by atoms with E-state index in [1.165, 1.54) is 0 Å². The Morgan fingerprint density at radius 1 is 1.47 bits per heavy atom. The summed E-state index contributed by atoms with van der Waals surface area (Å²) in [5.74, 6) is -0.258. The van der Waals surface area contributed by atoms with Crippen molar-refractivity contribution in [2.24, 2.45) is 0 Å². The highest BCUT2D eigenvalue weighted by molar-refractivity contribution is 5.71. The number of carbonyl (C=O) groups excluding carboxylic acids is 1. The van der Waals surface area contributed by atoms with Crippen LogP contribution in [-0.2, 0) is 9.53 Å². The van der Waals surface area contributed by atoms with Gasteiger partial charge in [-0.1, -0.05) is 12.8 Å². The number of ether oxygens (including phenoxy) is 1. The van der Waals surface area contributed by atoms with Crippen LogP contribution in [0.3, 0.4) is 0 Å². The molecule has 4 heteroatoms. The molecule has 0 heterocycles. The Morgan fingerprint density at radius 2 is 2.07 bits per heavy atom. The summed E-state index contributed by atoms with van der Waals surface area (Å²) < 4.78 is 4.96. The second kappa shape index (κ2) is 5.47. The van der Waals surface area contributed by atoms with E-state index in [1.807, 2.05) is 13.8 Å². The predicted molar refractivity (Wildman–Crippen MR) is 57.5 cm³/mol. The van der Waals surface area contributed by atoms with Crippen LogP contribution in [0.4, 0.5) is 0 Å². The highest BCUT2D eigenvalue weighted by atomic mass is 16.5. The van der Waals surface area contributed by atoms with E-state index in [0.29, 0.717) is 6.54 Å². The molecule has 88 valence electrons. The maximum absolute atomic E-state index is 11.2. The second-order valence-corrected chi connectivity index (χ2v) is 4.57. The van der Waals surface area contributed by atoms with E-state index in [9.17, 15) is 9.90 Å². The van der Waals surface area contributed by atoms with Gasteiger partial charge in [-0.15, -0.1) is 0 Å². The molecular weight excluding hydrogens is 194 g/mol. The van der Waals surface area contributed by atoms with Crippen molar-refractivity contribution in [1.29, 1.82) is 0 Å². The lowest BCUT2D eigenvalue weighted by Gasteiger charge is -2.22. The van der Waals surface area contributed by atoms with E-state index in [-0.39, 0.29) is 18.6 Å². The third-order valence-electron chi connectivity index (χ3n) is 2.62. The van der Waals surface area contributed by atoms with Crippen molar-refractivity contribution >= 4 is 5.97 Å². The van der Waals surface area contributed by atoms with Crippen LogP contribution in [0.1, 0.15) is 39.5 Å². The predicted octanol–water partition coefficient (Wildman–Crippen LogP) is 0.833. The maximum atomic E-state index is 11.2. The monoisotopic (exact) mass is 215 g/mol. The molecule has 0 aromatic carbocycles. The summed E-state index contributed by atoms with van der Waals surface area (Å²) in [6, 6.07) is 0. The van der Waals surface area contributed by atoms with Gasteiger partial charge in [0.15, 0.2) is 0 Å². The average molecular weight is 215 g/mol. The second-order valence-electron chi connectivity index (χ2n) is 4.57. The zero-order chi connectivity index (χ0) is 11.3. The number of hydrogen-bond donors (Lipinski definition) is 2. The molecule has 4 nitrogen and oxygen atoms in total. The molecule has 0 spiro atoms. The van der Waals surface area contributed by atoms with Gasteiger partial charge >= 0.3 is 5.97 Å². The van der Waals surface area contributed by atoms with Crippen LogP contribution in [0, 0.1) is 0 Å². The van der Waals surface area contributed by atoms with E-state index < -0.39 is 5.60 Å². The van der Waals surface area contributed by atoms with Crippen LogP contribution in [-0.4, -0.2) is 35.9 Å². The summed E-state index contributed by atoms with van der Waals surface area (Å²) in [6.45, 7) is 4.31. The Bertz CT molecular complexity index is 210. The molecule has 1 rings (SSSR count). The summed E-state index contributed by atoms with van der Waals surface area (Å²) in [5.41, 5.74) is -0.599. The quantitative estimate of drug-likeness (QED) is 0.667. The van der Waals surface area contributed by atoms with Crippen molar-refractivity contribution in [2.45, 2.75) is 51.2 Å². The first-order valence-corrected chi connectivity index (χ1v) is 5.64. The molecule has 0 saturated heterocycles. The molecule has 0 amide bonds. The average Bonchev–Trinajstić information content (AvgIpc) is 2.51. The molecule has 15 heavy (non-hydrogen) atoms. The summed E-state index contributed by atoms with van der Waals surface area (Å²) in [5, 5.41) is 12.9. The number of carbonyl (C=O) groups is 1. The molecule has 1 aliphatic carbocycles. The fourth-order valence-corrected chi connectivity index (χ4v) is 1.91. The summed E-state index contributed by atoms with van der Waals surface area (Å²) >= 11 is 0. The molecule has 1 saturated carbocycles. The highest BCUT2D eigenvalue weighted by Crippen LogP contribution is 2.28. The van der Waals surface area contributed by atoms with Crippen molar-refractivity contribution in [3.05, 3.63) is 0 Å². The molecule has 1 fully saturated rings. The number of aliphatic hydroxyl groups is 1. The molecule has 0 aromatic rings. The third kappa shape index (κ3) is 4.62. The van der Waals surface area contributed by atoms with Crippen LogP contribution >= 0.6 is 0 Å². The van der Waals surface area contributed by atoms with Gasteiger partial charge in [0.05, 0.1) is 18.2 Å². The fraction of sp³-hybridized carbons (Fsp3) is 0.909. The zero-order valence-electron chi connectivity index (χ0n) is 9.58. The van der Waals surface area contributed by atoms with Gasteiger partial charge in [-0.2, -0.15) is 0 Å². The van der Waals surface area contributed by atoms with Gasteiger partial charge in [0.1, 0.15) is 0 Å². The number of nitrogens with one attached hydrogen (secondary N) is 1. The molecule has 0 aromatic heterocycles. The molecular formula is C11H21NO3. The van der Waals surface area contributed by atoms with Crippen LogP contribution in [0.25, 0.3) is 0 Å². The molecule has 0 radical (unpaired) electrons. The molecule has 1 aliphatic rings. The van der Waals surface area contributed by atoms with Crippen LogP contribution in [0.5, 0.6) is 0 Å². The first-order valence-electron chi connectivity index (χ1n) is 5.64. The lowest BCUT2D eigenvalue weighted by Crippen LogP contribution is -2.40. The number of hydrogen-bond acceptors (Lipinski definition) is 4. The first kappa shape index (κ1) is 12.5. The Hall–Kier alpha value is -0.610. The number of esters is 1. The van der Waals surface area contributed by atoms with E-state index in [4.69, 9.17) is 4.74 Å². The van der Waals surface area contributed by atoms with Crippen molar-refractivity contribution in [1.82, 2.24) is 5.32 Å². The van der Waals surface area contributed by atoms with Crippen molar-refractivity contribution in [3.63, 3.8) is 0 Å². The van der Waals surface area contributed by atoms with Gasteiger partial charge < -0.3 is 15.2 Å². The van der Waals surface area contributed by atoms with E-state index in [0.717, 1.165) is 25.7 Å². The minimum atomic E-state index is -0.599. The first-order chi connectivity index (χ1) is 7.02. The Kier molecular flexibility index (Phi) is 4.54. The van der Waals surface area contributed by atoms with Gasteiger partial charge in [0.25, 0.3) is 0 Å². The van der Waals surface area contributed by atoms with Gasteiger partial charge in [0, 0.05) is 6.54 Å². The minimum absolute atomic E-state index is 0.0751.